The molecule has 0 saturated carbocycles. The molecule has 0 amide bonds. The van der Waals surface area contributed by atoms with Crippen molar-refractivity contribution >= 4 is 22.8 Å². The van der Waals surface area contributed by atoms with Crippen molar-refractivity contribution in [3.63, 3.8) is 0 Å². The number of nitrogens with zero attached hydrogens (tertiary/aromatic N) is 3. The van der Waals surface area contributed by atoms with Gasteiger partial charge in [0.1, 0.15) is 9.88 Å². The molecule has 27 heavy (non-hydrogen) atoms. The van der Waals surface area contributed by atoms with E-state index in [4.69, 9.17) is 9.72 Å². The average molecular weight is 377 g/mol. The zero-order chi connectivity index (χ0) is 18.8. The number of ether oxygens (including phenoxy) is 1. The van der Waals surface area contributed by atoms with Crippen LogP contribution in [0.1, 0.15) is 33.5 Å². The lowest BCUT2D eigenvalue weighted by Gasteiger charge is -2.02. The molecule has 0 aliphatic carbocycles. The minimum Gasteiger partial charge on any atom is -0.462 e. The summed E-state index contributed by atoms with van der Waals surface area (Å²) in [6.07, 6.45) is 2.50. The summed E-state index contributed by atoms with van der Waals surface area (Å²) in [5.74, 6) is -0.318. The first kappa shape index (κ1) is 17.4. The van der Waals surface area contributed by atoms with E-state index in [2.05, 4.69) is 5.10 Å². The summed E-state index contributed by atoms with van der Waals surface area (Å²) in [5, 5.41) is 5.35. The van der Waals surface area contributed by atoms with Gasteiger partial charge < -0.3 is 4.74 Å². The molecule has 0 fully saturated rings. The minimum absolute atomic E-state index is 0.318. The van der Waals surface area contributed by atoms with Gasteiger partial charge in [0.15, 0.2) is 0 Å². The van der Waals surface area contributed by atoms with Crippen molar-refractivity contribution < 1.29 is 9.53 Å². The Morgan fingerprint density at radius 1 is 1.15 bits per heavy atom. The second-order valence-corrected chi connectivity index (χ2v) is 7.17. The average Bonchev–Trinajstić information content (AvgIpc) is 3.22. The normalized spacial score (nSPS) is 11.0. The number of esters is 1. The summed E-state index contributed by atoms with van der Waals surface area (Å²) >= 11 is 1.37. The number of carbonyl (C=O) groups excluding carboxylic acids is 1. The number of fused-ring (bicyclic) bond motifs is 1. The van der Waals surface area contributed by atoms with Crippen LogP contribution in [0.5, 0.6) is 0 Å². The maximum atomic E-state index is 12.5. The van der Waals surface area contributed by atoms with Gasteiger partial charge in [-0.2, -0.15) is 5.10 Å². The van der Waals surface area contributed by atoms with Crippen LogP contribution < -0.4 is 0 Å². The summed E-state index contributed by atoms with van der Waals surface area (Å²) in [4.78, 5) is 17.9. The number of rotatable bonds is 5. The largest absolute Gasteiger partial charge is 0.462 e. The van der Waals surface area contributed by atoms with E-state index >= 15 is 0 Å². The molecule has 4 rings (SSSR count). The fourth-order valence-corrected chi connectivity index (χ4v) is 4.19. The van der Waals surface area contributed by atoms with E-state index in [0.29, 0.717) is 17.9 Å². The standard InChI is InChI=1S/C21H19N3O2S/c1-3-26-21(25)19-16(13-15-9-5-4-6-10-15)22-20(27-19)18-14(2)23-24-12-8-7-11-17(18)24/h4-12H,3,13H2,1-2H3. The third-order valence-electron chi connectivity index (χ3n) is 4.30. The molecule has 0 radical (unpaired) electrons. The van der Waals surface area contributed by atoms with Crippen molar-refractivity contribution in [3.05, 3.63) is 76.6 Å². The monoisotopic (exact) mass is 377 g/mol. The van der Waals surface area contributed by atoms with Crippen LogP contribution in [0.4, 0.5) is 0 Å². The molecule has 136 valence electrons. The fraction of sp³-hybridized carbons (Fsp3) is 0.190. The SMILES string of the molecule is CCOC(=O)c1sc(-c2c(C)nn3ccccc23)nc1Cc1ccccc1. The summed E-state index contributed by atoms with van der Waals surface area (Å²) in [7, 11) is 0. The van der Waals surface area contributed by atoms with Gasteiger partial charge in [-0.15, -0.1) is 11.3 Å². The lowest BCUT2D eigenvalue weighted by molar-refractivity contribution is 0.0530. The van der Waals surface area contributed by atoms with Crippen LogP contribution in [0.2, 0.25) is 0 Å². The number of hydrogen-bond donors (Lipinski definition) is 0. The first-order chi connectivity index (χ1) is 13.2. The van der Waals surface area contributed by atoms with Gasteiger partial charge in [0.2, 0.25) is 0 Å². The highest BCUT2D eigenvalue weighted by molar-refractivity contribution is 7.17. The molecule has 6 heteroatoms. The number of hydrogen-bond acceptors (Lipinski definition) is 5. The second-order valence-electron chi connectivity index (χ2n) is 6.17. The molecule has 0 saturated heterocycles. The van der Waals surface area contributed by atoms with Gasteiger partial charge in [0.05, 0.1) is 29.1 Å². The van der Waals surface area contributed by atoms with Crippen molar-refractivity contribution in [3.8, 4) is 10.6 Å². The highest BCUT2D eigenvalue weighted by Crippen LogP contribution is 2.34. The molecule has 3 heterocycles. The number of carbonyl (C=O) groups is 1. The number of thiazole rings is 1. The molecule has 0 aliphatic heterocycles. The van der Waals surface area contributed by atoms with Crippen LogP contribution in [-0.4, -0.2) is 27.2 Å². The zero-order valence-corrected chi connectivity index (χ0v) is 16.0. The second kappa shape index (κ2) is 7.32. The Balaban J connectivity index is 1.83. The topological polar surface area (TPSA) is 56.5 Å². The van der Waals surface area contributed by atoms with E-state index in [1.165, 1.54) is 11.3 Å². The van der Waals surface area contributed by atoms with Crippen LogP contribution in [0.25, 0.3) is 16.1 Å². The maximum absolute atomic E-state index is 12.5. The Kier molecular flexibility index (Phi) is 4.73. The first-order valence-electron chi connectivity index (χ1n) is 8.82. The third kappa shape index (κ3) is 3.36. The number of aryl methyl sites for hydroxylation is 1. The molecule has 5 nitrogen and oxygen atoms in total. The molecule has 4 aromatic rings. The van der Waals surface area contributed by atoms with Crippen molar-refractivity contribution in [1.29, 1.82) is 0 Å². The van der Waals surface area contributed by atoms with Crippen molar-refractivity contribution in [2.45, 2.75) is 20.3 Å². The molecule has 3 aromatic heterocycles. The van der Waals surface area contributed by atoms with Gasteiger partial charge in [-0.3, -0.25) is 0 Å². The molecule has 0 unspecified atom stereocenters. The molecule has 0 N–H and O–H groups in total. The molecule has 0 spiro atoms. The number of pyridine rings is 1. The highest BCUT2D eigenvalue weighted by atomic mass is 32.1. The van der Waals surface area contributed by atoms with Crippen LogP contribution in [0.3, 0.4) is 0 Å². The third-order valence-corrected chi connectivity index (χ3v) is 5.40. The Hall–Kier alpha value is -2.99. The van der Waals surface area contributed by atoms with Crippen molar-refractivity contribution in [2.24, 2.45) is 0 Å². The summed E-state index contributed by atoms with van der Waals surface area (Å²) in [5.41, 5.74) is 4.68. The Morgan fingerprint density at radius 3 is 2.70 bits per heavy atom. The minimum atomic E-state index is -0.318. The summed E-state index contributed by atoms with van der Waals surface area (Å²) < 4.78 is 7.11. The predicted octanol–water partition coefficient (Wildman–Crippen LogP) is 4.53. The molecular weight excluding hydrogens is 358 g/mol. The summed E-state index contributed by atoms with van der Waals surface area (Å²) in [6.45, 7) is 4.11. The smallest absolute Gasteiger partial charge is 0.350 e. The van der Waals surface area contributed by atoms with Gasteiger partial charge >= 0.3 is 5.97 Å². The van der Waals surface area contributed by atoms with Gasteiger partial charge in [0, 0.05) is 12.6 Å². The van der Waals surface area contributed by atoms with E-state index in [9.17, 15) is 4.79 Å². The van der Waals surface area contributed by atoms with Crippen LogP contribution in [0, 0.1) is 6.92 Å². The van der Waals surface area contributed by atoms with Gasteiger partial charge in [-0.1, -0.05) is 36.4 Å². The lowest BCUT2D eigenvalue weighted by atomic mass is 10.1. The van der Waals surface area contributed by atoms with Crippen LogP contribution in [0.15, 0.2) is 54.7 Å². The molecule has 0 atom stereocenters. The molecule has 0 aliphatic rings. The molecule has 1 aromatic carbocycles. The van der Waals surface area contributed by atoms with Gasteiger partial charge in [-0.05, 0) is 31.5 Å². The van der Waals surface area contributed by atoms with Gasteiger partial charge in [-0.25, -0.2) is 14.3 Å². The number of aromatic nitrogens is 3. The fourth-order valence-electron chi connectivity index (χ4n) is 3.10. The molecular formula is C21H19N3O2S. The van der Waals surface area contributed by atoms with E-state index in [1.54, 1.807) is 0 Å². The first-order valence-corrected chi connectivity index (χ1v) is 9.64. The Morgan fingerprint density at radius 2 is 1.93 bits per heavy atom. The number of benzene rings is 1. The maximum Gasteiger partial charge on any atom is 0.350 e. The van der Waals surface area contributed by atoms with E-state index < -0.39 is 0 Å². The van der Waals surface area contributed by atoms with Crippen molar-refractivity contribution in [1.82, 2.24) is 14.6 Å². The van der Waals surface area contributed by atoms with Crippen LogP contribution in [-0.2, 0) is 11.2 Å². The summed E-state index contributed by atoms with van der Waals surface area (Å²) in [6, 6.07) is 16.0. The van der Waals surface area contributed by atoms with Gasteiger partial charge in [0.25, 0.3) is 0 Å². The van der Waals surface area contributed by atoms with Crippen LogP contribution >= 0.6 is 11.3 Å². The van der Waals surface area contributed by atoms with Crippen molar-refractivity contribution in [2.75, 3.05) is 6.61 Å². The van der Waals surface area contributed by atoms with E-state index in [1.807, 2.05) is 73.1 Å². The Bertz CT molecular complexity index is 1100. The van der Waals surface area contributed by atoms with E-state index in [0.717, 1.165) is 33.0 Å². The lowest BCUT2D eigenvalue weighted by Crippen LogP contribution is -2.06. The Labute approximate surface area is 161 Å². The predicted molar refractivity (Wildman–Crippen MR) is 106 cm³/mol. The highest BCUT2D eigenvalue weighted by Gasteiger charge is 2.23. The quantitative estimate of drug-likeness (QED) is 0.479. The van der Waals surface area contributed by atoms with E-state index in [-0.39, 0.29) is 5.97 Å². The molecule has 0 bridgehead atoms. The zero-order valence-electron chi connectivity index (χ0n) is 15.2.